The van der Waals surface area contributed by atoms with Gasteiger partial charge in [-0.3, -0.25) is 14.8 Å². The summed E-state index contributed by atoms with van der Waals surface area (Å²) in [6.07, 6.45) is 8.16. The van der Waals surface area contributed by atoms with Gasteiger partial charge in [-0.05, 0) is 50.3 Å². The van der Waals surface area contributed by atoms with Crippen LogP contribution in [-0.4, -0.2) is 36.5 Å². The molecule has 1 aromatic heterocycles. The molecule has 0 bridgehead atoms. The zero-order chi connectivity index (χ0) is 26.8. The van der Waals surface area contributed by atoms with Crippen LogP contribution in [0.15, 0.2) is 72.7 Å². The number of hydrogen-bond acceptors (Lipinski definition) is 8. The summed E-state index contributed by atoms with van der Waals surface area (Å²) in [6, 6.07) is 9.58. The van der Waals surface area contributed by atoms with Gasteiger partial charge in [-0.2, -0.15) is 5.26 Å². The van der Waals surface area contributed by atoms with E-state index in [2.05, 4.69) is 28.7 Å². The van der Waals surface area contributed by atoms with Gasteiger partial charge in [-0.15, -0.1) is 0 Å². The van der Waals surface area contributed by atoms with Crippen molar-refractivity contribution in [3.05, 3.63) is 83.9 Å². The van der Waals surface area contributed by atoms with Gasteiger partial charge in [0, 0.05) is 18.2 Å². The van der Waals surface area contributed by atoms with Crippen LogP contribution in [0.5, 0.6) is 5.75 Å². The van der Waals surface area contributed by atoms with Crippen molar-refractivity contribution in [2.45, 2.75) is 20.8 Å². The first-order valence-corrected chi connectivity index (χ1v) is 11.5. The second-order valence-electron chi connectivity index (χ2n) is 7.84. The van der Waals surface area contributed by atoms with Crippen LogP contribution in [0.2, 0.25) is 0 Å². The zero-order valence-electron chi connectivity index (χ0n) is 21.0. The standard InChI is InChI=1S/C27H29N5O5/c1-5-7-22(8-6-2)37-23-11-9-21(10-12-23)30-25-20(15-28)16-29-32-17-24(18(3)26(25)32)31-27(34)36-14-13-35-19(4)33/h5-12,17,29-30H,1,13-14,16H2,2-4H3,(H,31,34)/b8-6-,22-7+. The van der Waals surface area contributed by atoms with E-state index in [1.807, 2.05) is 50.3 Å². The molecule has 0 radical (unpaired) electrons. The lowest BCUT2D eigenvalue weighted by atomic mass is 10.1. The molecule has 3 N–H and O–H groups in total. The van der Waals surface area contributed by atoms with Gasteiger partial charge in [0.25, 0.3) is 0 Å². The normalized spacial score (nSPS) is 12.8. The second kappa shape index (κ2) is 12.7. The molecule has 3 rings (SSSR count). The highest BCUT2D eigenvalue weighted by atomic mass is 16.6. The Hall–Kier alpha value is -4.91. The van der Waals surface area contributed by atoms with E-state index in [-0.39, 0.29) is 13.2 Å². The molecule has 0 atom stereocenters. The number of amides is 1. The molecule has 192 valence electrons. The van der Waals surface area contributed by atoms with E-state index in [4.69, 9.17) is 14.2 Å². The first kappa shape index (κ1) is 26.7. The molecule has 2 aromatic rings. The minimum Gasteiger partial charge on any atom is -0.462 e. The number of carbonyl (C=O) groups excluding carboxylic acids is 2. The lowest BCUT2D eigenvalue weighted by Crippen LogP contribution is -2.26. The van der Waals surface area contributed by atoms with Crippen molar-refractivity contribution in [3.8, 4) is 11.8 Å². The molecule has 37 heavy (non-hydrogen) atoms. The Morgan fingerprint density at radius 2 is 1.97 bits per heavy atom. The maximum Gasteiger partial charge on any atom is 0.411 e. The van der Waals surface area contributed by atoms with Crippen LogP contribution in [-0.2, 0) is 14.3 Å². The van der Waals surface area contributed by atoms with Crippen LogP contribution in [0, 0.1) is 18.3 Å². The molecule has 0 spiro atoms. The average molecular weight is 504 g/mol. The van der Waals surface area contributed by atoms with Crippen molar-refractivity contribution < 1.29 is 23.8 Å². The first-order chi connectivity index (χ1) is 17.9. The quantitative estimate of drug-likeness (QED) is 0.182. The van der Waals surface area contributed by atoms with Gasteiger partial charge in [-0.1, -0.05) is 18.7 Å². The monoisotopic (exact) mass is 503 g/mol. The van der Waals surface area contributed by atoms with E-state index in [0.29, 0.717) is 40.7 Å². The van der Waals surface area contributed by atoms with Gasteiger partial charge in [-0.25, -0.2) is 4.79 Å². The molecule has 0 saturated carbocycles. The smallest absolute Gasteiger partial charge is 0.411 e. The second-order valence-corrected chi connectivity index (χ2v) is 7.84. The van der Waals surface area contributed by atoms with E-state index in [1.54, 1.807) is 23.0 Å². The number of ether oxygens (including phenoxy) is 3. The minimum absolute atomic E-state index is 0.0249. The Kier molecular flexibility index (Phi) is 9.16. The summed E-state index contributed by atoms with van der Waals surface area (Å²) in [5.74, 6) is 0.857. The lowest BCUT2D eigenvalue weighted by Gasteiger charge is -2.23. The summed E-state index contributed by atoms with van der Waals surface area (Å²) in [6.45, 7) is 8.91. The van der Waals surface area contributed by atoms with Crippen molar-refractivity contribution in [1.82, 2.24) is 4.68 Å². The molecule has 0 unspecified atom stereocenters. The number of fused-ring (bicyclic) bond motifs is 1. The molecular formula is C27H29N5O5. The lowest BCUT2D eigenvalue weighted by molar-refractivity contribution is -0.141. The van der Waals surface area contributed by atoms with E-state index in [0.717, 1.165) is 11.3 Å². The number of carbonyl (C=O) groups is 2. The molecule has 0 saturated heterocycles. The number of nitriles is 1. The molecular weight excluding hydrogens is 474 g/mol. The number of aromatic nitrogens is 1. The number of nitrogens with one attached hydrogen (secondary N) is 3. The van der Waals surface area contributed by atoms with Crippen LogP contribution in [0.1, 0.15) is 25.1 Å². The average Bonchev–Trinajstić information content (AvgIpc) is 3.18. The Labute approximate surface area is 215 Å². The van der Waals surface area contributed by atoms with E-state index < -0.39 is 12.1 Å². The largest absolute Gasteiger partial charge is 0.462 e. The zero-order valence-corrected chi connectivity index (χ0v) is 21.0. The fraction of sp³-hybridized carbons (Fsp3) is 0.222. The van der Waals surface area contributed by atoms with Crippen LogP contribution >= 0.6 is 0 Å². The summed E-state index contributed by atoms with van der Waals surface area (Å²) in [5, 5.41) is 15.8. The summed E-state index contributed by atoms with van der Waals surface area (Å²) < 4.78 is 17.4. The van der Waals surface area contributed by atoms with Crippen LogP contribution < -0.4 is 20.8 Å². The van der Waals surface area contributed by atoms with Crippen LogP contribution in [0.4, 0.5) is 16.2 Å². The Morgan fingerprint density at radius 3 is 2.62 bits per heavy atom. The molecule has 1 amide bonds. The molecule has 2 heterocycles. The third-order valence-electron chi connectivity index (χ3n) is 5.19. The molecule has 1 aliphatic heterocycles. The minimum atomic E-state index is -0.685. The highest BCUT2D eigenvalue weighted by Gasteiger charge is 2.25. The molecule has 10 heteroatoms. The summed E-state index contributed by atoms with van der Waals surface area (Å²) in [5.41, 5.74) is 6.95. The molecule has 0 aliphatic carbocycles. The predicted molar refractivity (Wildman–Crippen MR) is 141 cm³/mol. The van der Waals surface area contributed by atoms with E-state index in [9.17, 15) is 14.9 Å². The first-order valence-electron chi connectivity index (χ1n) is 11.5. The van der Waals surface area contributed by atoms with Crippen LogP contribution in [0.3, 0.4) is 0 Å². The highest BCUT2D eigenvalue weighted by molar-refractivity contribution is 5.90. The summed E-state index contributed by atoms with van der Waals surface area (Å²) in [7, 11) is 0. The number of anilines is 2. The van der Waals surface area contributed by atoms with Gasteiger partial charge < -0.3 is 25.0 Å². The Bertz CT molecular complexity index is 1300. The number of allylic oxidation sites excluding steroid dienone is 4. The van der Waals surface area contributed by atoms with E-state index >= 15 is 0 Å². The molecule has 1 aromatic carbocycles. The van der Waals surface area contributed by atoms with Crippen molar-refractivity contribution in [2.24, 2.45) is 0 Å². The van der Waals surface area contributed by atoms with Crippen molar-refractivity contribution in [2.75, 3.05) is 35.8 Å². The van der Waals surface area contributed by atoms with Gasteiger partial charge >= 0.3 is 12.1 Å². The van der Waals surface area contributed by atoms with Crippen molar-refractivity contribution in [3.63, 3.8) is 0 Å². The molecule has 0 fully saturated rings. The number of rotatable bonds is 10. The van der Waals surface area contributed by atoms with Crippen LogP contribution in [0.25, 0.3) is 5.70 Å². The fourth-order valence-electron chi connectivity index (χ4n) is 3.54. The third kappa shape index (κ3) is 7.05. The van der Waals surface area contributed by atoms with Gasteiger partial charge in [0.05, 0.1) is 41.5 Å². The molecule has 1 aliphatic rings. The summed E-state index contributed by atoms with van der Waals surface area (Å²) >= 11 is 0. The Balaban J connectivity index is 1.76. The van der Waals surface area contributed by atoms with Gasteiger partial charge in [0.2, 0.25) is 0 Å². The Morgan fingerprint density at radius 1 is 1.24 bits per heavy atom. The highest BCUT2D eigenvalue weighted by Crippen LogP contribution is 2.33. The maximum absolute atomic E-state index is 12.2. The van der Waals surface area contributed by atoms with Gasteiger partial charge in [0.15, 0.2) is 0 Å². The van der Waals surface area contributed by atoms with Crippen molar-refractivity contribution in [1.29, 1.82) is 5.26 Å². The van der Waals surface area contributed by atoms with E-state index in [1.165, 1.54) is 6.92 Å². The number of hydrogen-bond donors (Lipinski definition) is 3. The third-order valence-corrected chi connectivity index (χ3v) is 5.19. The predicted octanol–water partition coefficient (Wildman–Crippen LogP) is 4.84. The SMILES string of the molecule is C=C/C=C(\C=C/C)Oc1ccc(NC2=C(C#N)CNn3cc(NC(=O)OCCOC(C)=O)c(C)c32)cc1. The maximum atomic E-state index is 12.2. The summed E-state index contributed by atoms with van der Waals surface area (Å²) in [4.78, 5) is 23.0. The fourth-order valence-corrected chi connectivity index (χ4v) is 3.54. The topological polar surface area (TPSA) is 127 Å². The van der Waals surface area contributed by atoms with Crippen molar-refractivity contribution >= 4 is 29.1 Å². The number of esters is 1. The number of nitrogens with zero attached hydrogens (tertiary/aromatic N) is 2. The number of benzene rings is 1. The molecule has 10 nitrogen and oxygen atoms in total. The van der Waals surface area contributed by atoms with Gasteiger partial charge in [0.1, 0.15) is 24.7 Å².